The maximum atomic E-state index is 6.14. The van der Waals surface area contributed by atoms with Crippen molar-refractivity contribution in [1.29, 1.82) is 0 Å². The maximum Gasteiger partial charge on any atom is 0.128 e. The summed E-state index contributed by atoms with van der Waals surface area (Å²) in [5.74, 6) is 0.593. The molecule has 0 bridgehead atoms. The van der Waals surface area contributed by atoms with Crippen LogP contribution in [0.3, 0.4) is 0 Å². The van der Waals surface area contributed by atoms with Crippen molar-refractivity contribution >= 4 is 5.82 Å². The highest BCUT2D eigenvalue weighted by atomic mass is 14.9. The molecule has 0 aliphatic carbocycles. The number of nitrogen functional groups attached to an aromatic ring is 1. The van der Waals surface area contributed by atoms with Crippen LogP contribution in [0.4, 0.5) is 5.82 Å². The van der Waals surface area contributed by atoms with E-state index >= 15 is 0 Å². The molecule has 0 radical (unpaired) electrons. The van der Waals surface area contributed by atoms with Crippen molar-refractivity contribution < 1.29 is 0 Å². The Morgan fingerprint density at radius 1 is 1.19 bits per heavy atom. The Morgan fingerprint density at radius 2 is 1.86 bits per heavy atom. The average Bonchev–Trinajstić information content (AvgIpc) is 2.41. The van der Waals surface area contributed by atoms with E-state index in [-0.39, 0.29) is 6.04 Å². The molecule has 3 N–H and O–H groups in total. The zero-order valence-electron chi connectivity index (χ0n) is 13.3. The summed E-state index contributed by atoms with van der Waals surface area (Å²) in [6.45, 7) is 9.21. The molecule has 0 aliphatic rings. The monoisotopic (exact) mass is 284 g/mol. The lowest BCUT2D eigenvalue weighted by atomic mass is 9.95. The number of nitrogens with two attached hydrogens (primary N) is 1. The number of aromatic nitrogens is 2. The lowest BCUT2D eigenvalue weighted by Crippen LogP contribution is -2.25. The van der Waals surface area contributed by atoms with Crippen LogP contribution in [0.5, 0.6) is 0 Å². The molecule has 21 heavy (non-hydrogen) atoms. The van der Waals surface area contributed by atoms with Gasteiger partial charge in [0.25, 0.3) is 0 Å². The van der Waals surface area contributed by atoms with E-state index in [0.717, 1.165) is 35.5 Å². The van der Waals surface area contributed by atoms with Crippen LogP contribution in [-0.4, -0.2) is 16.5 Å². The lowest BCUT2D eigenvalue weighted by molar-refractivity contribution is 0.595. The molecule has 0 aromatic carbocycles. The Hall–Kier alpha value is -1.94. The summed E-state index contributed by atoms with van der Waals surface area (Å²) in [5.41, 5.74) is 11.6. The summed E-state index contributed by atoms with van der Waals surface area (Å²) >= 11 is 0. The quantitative estimate of drug-likeness (QED) is 0.885. The van der Waals surface area contributed by atoms with Gasteiger partial charge in [0.05, 0.1) is 6.04 Å². The first kappa shape index (κ1) is 15.4. The fraction of sp³-hybridized carbons (Fsp3) is 0.412. The van der Waals surface area contributed by atoms with E-state index in [1.807, 2.05) is 19.9 Å². The van der Waals surface area contributed by atoms with Crippen molar-refractivity contribution in [3.63, 3.8) is 0 Å². The Labute approximate surface area is 126 Å². The van der Waals surface area contributed by atoms with E-state index in [2.05, 4.69) is 41.3 Å². The summed E-state index contributed by atoms with van der Waals surface area (Å²) in [7, 11) is 0. The first-order chi connectivity index (χ1) is 10.0. The van der Waals surface area contributed by atoms with Gasteiger partial charge in [-0.15, -0.1) is 0 Å². The van der Waals surface area contributed by atoms with Crippen LogP contribution in [0.15, 0.2) is 24.4 Å². The molecular weight excluding hydrogens is 260 g/mol. The fourth-order valence-corrected chi connectivity index (χ4v) is 2.67. The minimum absolute atomic E-state index is 0.0547. The fourth-order valence-electron chi connectivity index (χ4n) is 2.67. The van der Waals surface area contributed by atoms with Gasteiger partial charge >= 0.3 is 0 Å². The Bertz CT molecular complexity index is 582. The maximum absolute atomic E-state index is 6.14. The molecule has 1 unspecified atom stereocenters. The van der Waals surface area contributed by atoms with Gasteiger partial charge in [-0.05, 0) is 63.1 Å². The minimum atomic E-state index is 0.0547. The third kappa shape index (κ3) is 3.58. The van der Waals surface area contributed by atoms with Crippen molar-refractivity contribution in [2.75, 3.05) is 12.3 Å². The first-order valence-corrected chi connectivity index (χ1v) is 7.42. The van der Waals surface area contributed by atoms with Crippen molar-refractivity contribution in [3.05, 3.63) is 52.5 Å². The molecule has 0 spiro atoms. The van der Waals surface area contributed by atoms with Crippen LogP contribution in [0.25, 0.3) is 0 Å². The Balaban J connectivity index is 2.52. The number of pyridine rings is 2. The van der Waals surface area contributed by atoms with Gasteiger partial charge < -0.3 is 11.1 Å². The van der Waals surface area contributed by atoms with Gasteiger partial charge in [0.15, 0.2) is 0 Å². The third-order valence-corrected chi connectivity index (χ3v) is 3.56. The highest BCUT2D eigenvalue weighted by Gasteiger charge is 2.19. The SMILES string of the molecule is CCCNC(c1cc(C)nc(C)c1)c1c(C)ccnc1N. The number of hydrogen-bond donors (Lipinski definition) is 2. The average molecular weight is 284 g/mol. The molecule has 112 valence electrons. The van der Waals surface area contributed by atoms with Crippen LogP contribution in [-0.2, 0) is 0 Å². The van der Waals surface area contributed by atoms with Crippen molar-refractivity contribution in [2.24, 2.45) is 0 Å². The molecule has 2 heterocycles. The second-order valence-corrected chi connectivity index (χ2v) is 5.50. The van der Waals surface area contributed by atoms with E-state index in [0.29, 0.717) is 5.82 Å². The van der Waals surface area contributed by atoms with E-state index in [9.17, 15) is 0 Å². The summed E-state index contributed by atoms with van der Waals surface area (Å²) in [5, 5.41) is 3.59. The van der Waals surface area contributed by atoms with Gasteiger partial charge in [0.1, 0.15) is 5.82 Å². The van der Waals surface area contributed by atoms with Gasteiger partial charge in [-0.2, -0.15) is 0 Å². The molecule has 0 saturated carbocycles. The smallest absolute Gasteiger partial charge is 0.128 e. The molecule has 2 aromatic rings. The van der Waals surface area contributed by atoms with Gasteiger partial charge in [0.2, 0.25) is 0 Å². The van der Waals surface area contributed by atoms with Crippen LogP contribution >= 0.6 is 0 Å². The first-order valence-electron chi connectivity index (χ1n) is 7.42. The van der Waals surface area contributed by atoms with Gasteiger partial charge in [0, 0.05) is 23.1 Å². The van der Waals surface area contributed by atoms with E-state index in [1.54, 1.807) is 6.20 Å². The van der Waals surface area contributed by atoms with Gasteiger partial charge in [-0.1, -0.05) is 6.92 Å². The molecule has 4 heteroatoms. The Morgan fingerprint density at radius 3 is 2.43 bits per heavy atom. The minimum Gasteiger partial charge on any atom is -0.383 e. The molecular formula is C17H24N4. The number of nitrogens with zero attached hydrogens (tertiary/aromatic N) is 2. The summed E-state index contributed by atoms with van der Waals surface area (Å²) in [6, 6.07) is 6.30. The van der Waals surface area contributed by atoms with Crippen molar-refractivity contribution in [2.45, 2.75) is 40.2 Å². The number of rotatable bonds is 5. The van der Waals surface area contributed by atoms with Crippen LogP contribution in [0, 0.1) is 20.8 Å². The summed E-state index contributed by atoms with van der Waals surface area (Å²) < 4.78 is 0. The van der Waals surface area contributed by atoms with Crippen LogP contribution < -0.4 is 11.1 Å². The van der Waals surface area contributed by atoms with Gasteiger partial charge in [-0.3, -0.25) is 4.98 Å². The van der Waals surface area contributed by atoms with Crippen molar-refractivity contribution in [1.82, 2.24) is 15.3 Å². The van der Waals surface area contributed by atoms with E-state index < -0.39 is 0 Å². The van der Waals surface area contributed by atoms with E-state index in [1.165, 1.54) is 5.56 Å². The largest absolute Gasteiger partial charge is 0.383 e. The number of nitrogens with one attached hydrogen (secondary N) is 1. The predicted molar refractivity (Wildman–Crippen MR) is 87.2 cm³/mol. The molecule has 2 rings (SSSR count). The molecule has 0 aliphatic heterocycles. The normalized spacial score (nSPS) is 12.4. The van der Waals surface area contributed by atoms with Gasteiger partial charge in [-0.25, -0.2) is 4.98 Å². The molecule has 4 nitrogen and oxygen atoms in total. The van der Waals surface area contributed by atoms with Crippen LogP contribution in [0.2, 0.25) is 0 Å². The zero-order valence-corrected chi connectivity index (χ0v) is 13.3. The lowest BCUT2D eigenvalue weighted by Gasteiger charge is -2.23. The molecule has 0 fully saturated rings. The molecule has 0 amide bonds. The Kier molecular flexibility index (Phi) is 4.91. The number of aryl methyl sites for hydroxylation is 3. The topological polar surface area (TPSA) is 63.8 Å². The molecule has 0 saturated heterocycles. The zero-order chi connectivity index (χ0) is 15.4. The van der Waals surface area contributed by atoms with Crippen molar-refractivity contribution in [3.8, 4) is 0 Å². The second kappa shape index (κ2) is 6.68. The molecule has 1 atom stereocenters. The highest BCUT2D eigenvalue weighted by Crippen LogP contribution is 2.29. The van der Waals surface area contributed by atoms with Crippen LogP contribution in [0.1, 0.15) is 47.5 Å². The number of anilines is 1. The van der Waals surface area contributed by atoms with E-state index in [4.69, 9.17) is 5.73 Å². The predicted octanol–water partition coefficient (Wildman–Crippen LogP) is 3.07. The summed E-state index contributed by atoms with van der Waals surface area (Å²) in [4.78, 5) is 8.72. The summed E-state index contributed by atoms with van der Waals surface area (Å²) in [6.07, 6.45) is 2.83. The standard InChI is InChI=1S/C17H24N4/c1-5-7-19-16(14-9-12(3)21-13(4)10-14)15-11(2)6-8-20-17(15)18/h6,8-10,16,19H,5,7H2,1-4H3,(H2,18,20). The highest BCUT2D eigenvalue weighted by molar-refractivity contribution is 5.50. The molecule has 2 aromatic heterocycles. The number of hydrogen-bond acceptors (Lipinski definition) is 4. The third-order valence-electron chi connectivity index (χ3n) is 3.56. The second-order valence-electron chi connectivity index (χ2n) is 5.50.